The number of hydrogen-bond donors (Lipinski definition) is 3. The van der Waals surface area contributed by atoms with Gasteiger partial charge in [0.25, 0.3) is 0 Å². The molecule has 1 unspecified atom stereocenters. The first-order valence-electron chi connectivity index (χ1n) is 6.88. The van der Waals surface area contributed by atoms with Crippen LogP contribution in [-0.4, -0.2) is 29.4 Å². The van der Waals surface area contributed by atoms with Gasteiger partial charge in [0.2, 0.25) is 0 Å². The lowest BCUT2D eigenvalue weighted by atomic mass is 9.95. The summed E-state index contributed by atoms with van der Waals surface area (Å²) in [7, 11) is 0. The normalized spacial score (nSPS) is 13.1. The highest BCUT2D eigenvalue weighted by Crippen LogP contribution is 2.23. The maximum atomic E-state index is 11.9. The highest BCUT2D eigenvalue weighted by molar-refractivity contribution is 5.74. The maximum Gasteiger partial charge on any atom is 0.315 e. The molecule has 0 aromatic carbocycles. The number of carbonyl (C=O) groups is 1. The Labute approximate surface area is 119 Å². The molecule has 2 amide bonds. The molecular weight excluding hydrogens is 258 g/mol. The summed E-state index contributed by atoms with van der Waals surface area (Å²) in [5, 5.41) is 18.8. The zero-order chi connectivity index (χ0) is 15.3. The van der Waals surface area contributed by atoms with Crippen LogP contribution in [0.2, 0.25) is 0 Å². The smallest absolute Gasteiger partial charge is 0.315 e. The molecule has 0 aliphatic carbocycles. The van der Waals surface area contributed by atoms with Crippen molar-refractivity contribution in [3.05, 3.63) is 17.0 Å². The van der Waals surface area contributed by atoms with E-state index in [-0.39, 0.29) is 24.1 Å². The lowest BCUT2D eigenvalue weighted by molar-refractivity contribution is 0.157. The first-order chi connectivity index (χ1) is 9.30. The third-order valence-corrected chi connectivity index (χ3v) is 3.31. The number of nitrogens with zero attached hydrogens (tertiary/aromatic N) is 1. The zero-order valence-electron chi connectivity index (χ0n) is 12.9. The van der Waals surface area contributed by atoms with Crippen molar-refractivity contribution in [2.24, 2.45) is 5.41 Å². The van der Waals surface area contributed by atoms with Crippen LogP contribution in [0.5, 0.6) is 0 Å². The quantitative estimate of drug-likeness (QED) is 0.745. The number of carbonyl (C=O) groups excluding carboxylic acids is 1. The molecule has 6 nitrogen and oxygen atoms in total. The molecule has 3 N–H and O–H groups in total. The molecule has 0 aliphatic rings. The van der Waals surface area contributed by atoms with E-state index in [0.717, 1.165) is 23.4 Å². The number of aliphatic hydroxyl groups is 1. The maximum absolute atomic E-state index is 11.9. The van der Waals surface area contributed by atoms with Crippen LogP contribution in [-0.2, 0) is 0 Å². The van der Waals surface area contributed by atoms with Crippen molar-refractivity contribution in [3.8, 4) is 0 Å². The van der Waals surface area contributed by atoms with Crippen molar-refractivity contribution in [1.82, 2.24) is 15.8 Å². The SMILES string of the molecule is CCC(NC(=O)NCC(C)(C)CO)c1c(C)noc1C. The molecular formula is C14H25N3O3. The molecule has 0 fully saturated rings. The highest BCUT2D eigenvalue weighted by Gasteiger charge is 2.22. The first kappa shape index (κ1) is 16.5. The second-order valence-corrected chi connectivity index (χ2v) is 5.85. The summed E-state index contributed by atoms with van der Waals surface area (Å²) in [5.41, 5.74) is 1.40. The molecule has 1 aromatic rings. The third kappa shape index (κ3) is 4.23. The number of hydrogen-bond acceptors (Lipinski definition) is 4. The monoisotopic (exact) mass is 283 g/mol. The fourth-order valence-electron chi connectivity index (χ4n) is 1.95. The van der Waals surface area contributed by atoms with Crippen molar-refractivity contribution in [2.45, 2.75) is 47.1 Å². The van der Waals surface area contributed by atoms with Crippen LogP contribution in [0.4, 0.5) is 4.79 Å². The predicted molar refractivity (Wildman–Crippen MR) is 76.4 cm³/mol. The van der Waals surface area contributed by atoms with E-state index in [9.17, 15) is 4.79 Å². The lowest BCUT2D eigenvalue weighted by Gasteiger charge is -2.23. The molecule has 0 spiro atoms. The molecule has 114 valence electrons. The first-order valence-corrected chi connectivity index (χ1v) is 6.88. The van der Waals surface area contributed by atoms with Crippen LogP contribution in [0.25, 0.3) is 0 Å². The predicted octanol–water partition coefficient (Wildman–Crippen LogP) is 2.06. The molecule has 0 saturated heterocycles. The summed E-state index contributed by atoms with van der Waals surface area (Å²) in [4.78, 5) is 11.9. The van der Waals surface area contributed by atoms with Gasteiger partial charge in [0.15, 0.2) is 0 Å². The Balaban J connectivity index is 2.63. The molecule has 20 heavy (non-hydrogen) atoms. The van der Waals surface area contributed by atoms with Crippen molar-refractivity contribution in [3.63, 3.8) is 0 Å². The van der Waals surface area contributed by atoms with Crippen LogP contribution in [0.3, 0.4) is 0 Å². The van der Waals surface area contributed by atoms with Gasteiger partial charge in [-0.1, -0.05) is 25.9 Å². The second-order valence-electron chi connectivity index (χ2n) is 5.85. The number of nitrogens with one attached hydrogen (secondary N) is 2. The van der Waals surface area contributed by atoms with Gasteiger partial charge in [0.1, 0.15) is 5.76 Å². The summed E-state index contributed by atoms with van der Waals surface area (Å²) in [6.07, 6.45) is 0.750. The minimum atomic E-state index is -0.331. The second kappa shape index (κ2) is 6.74. The molecule has 6 heteroatoms. The standard InChI is InChI=1S/C14H25N3O3/c1-6-11(12-9(2)17-20-10(12)3)16-13(19)15-7-14(4,5)8-18/h11,18H,6-8H2,1-5H3,(H2,15,16,19). The van der Waals surface area contributed by atoms with Crippen LogP contribution in [0.15, 0.2) is 4.52 Å². The molecule has 0 radical (unpaired) electrons. The van der Waals surface area contributed by atoms with Crippen LogP contribution < -0.4 is 10.6 Å². The summed E-state index contributed by atoms with van der Waals surface area (Å²) in [6.45, 7) is 9.91. The van der Waals surface area contributed by atoms with Gasteiger partial charge >= 0.3 is 6.03 Å². The Hall–Kier alpha value is -1.56. The molecule has 0 bridgehead atoms. The summed E-state index contributed by atoms with van der Waals surface area (Å²) < 4.78 is 5.14. The van der Waals surface area contributed by atoms with Crippen molar-refractivity contribution in [1.29, 1.82) is 0 Å². The Morgan fingerprint density at radius 3 is 2.55 bits per heavy atom. The number of urea groups is 1. The van der Waals surface area contributed by atoms with Crippen LogP contribution in [0.1, 0.15) is 50.3 Å². The summed E-state index contributed by atoms with van der Waals surface area (Å²) >= 11 is 0. The Morgan fingerprint density at radius 2 is 2.10 bits per heavy atom. The van der Waals surface area contributed by atoms with Gasteiger partial charge < -0.3 is 20.3 Å². The van der Waals surface area contributed by atoms with Gasteiger partial charge in [-0.2, -0.15) is 0 Å². The largest absolute Gasteiger partial charge is 0.396 e. The van der Waals surface area contributed by atoms with Crippen molar-refractivity contribution >= 4 is 6.03 Å². The number of aromatic nitrogens is 1. The van der Waals surface area contributed by atoms with E-state index in [4.69, 9.17) is 9.63 Å². The third-order valence-electron chi connectivity index (χ3n) is 3.31. The van der Waals surface area contributed by atoms with E-state index in [2.05, 4.69) is 15.8 Å². The summed E-state index contributed by atoms with van der Waals surface area (Å²) in [5.74, 6) is 0.727. The molecule has 1 heterocycles. The average molecular weight is 283 g/mol. The number of rotatable bonds is 6. The van der Waals surface area contributed by atoms with Gasteiger partial charge in [-0.05, 0) is 20.3 Å². The fraction of sp³-hybridized carbons (Fsp3) is 0.714. The minimum absolute atomic E-state index is 0.0222. The highest BCUT2D eigenvalue weighted by atomic mass is 16.5. The number of aliphatic hydroxyl groups excluding tert-OH is 1. The van der Waals surface area contributed by atoms with E-state index in [1.54, 1.807) is 0 Å². The van der Waals surface area contributed by atoms with Gasteiger partial charge in [-0.25, -0.2) is 4.79 Å². The number of aryl methyl sites for hydroxylation is 2. The van der Waals surface area contributed by atoms with Gasteiger partial charge in [0.05, 0.1) is 11.7 Å². The van der Waals surface area contributed by atoms with Gasteiger partial charge in [-0.15, -0.1) is 0 Å². The molecule has 1 rings (SSSR count). The van der Waals surface area contributed by atoms with E-state index >= 15 is 0 Å². The average Bonchev–Trinajstić information content (AvgIpc) is 2.74. The minimum Gasteiger partial charge on any atom is -0.396 e. The summed E-state index contributed by atoms with van der Waals surface area (Å²) in [6, 6.07) is -0.378. The zero-order valence-corrected chi connectivity index (χ0v) is 12.9. The van der Waals surface area contributed by atoms with Gasteiger partial charge in [-0.3, -0.25) is 0 Å². The van der Waals surface area contributed by atoms with Crippen LogP contribution >= 0.6 is 0 Å². The topological polar surface area (TPSA) is 87.4 Å². The number of amides is 2. The lowest BCUT2D eigenvalue weighted by Crippen LogP contribution is -2.43. The Morgan fingerprint density at radius 1 is 1.45 bits per heavy atom. The van der Waals surface area contributed by atoms with Crippen molar-refractivity contribution in [2.75, 3.05) is 13.2 Å². The van der Waals surface area contributed by atoms with Crippen LogP contribution in [0, 0.1) is 19.3 Å². The van der Waals surface area contributed by atoms with E-state index < -0.39 is 0 Å². The van der Waals surface area contributed by atoms with E-state index in [1.807, 2.05) is 34.6 Å². The Kier molecular flexibility index (Phi) is 5.56. The molecule has 1 aromatic heterocycles. The Bertz CT molecular complexity index is 435. The fourth-order valence-corrected chi connectivity index (χ4v) is 1.95. The molecule has 0 saturated carbocycles. The van der Waals surface area contributed by atoms with Gasteiger partial charge in [0, 0.05) is 24.1 Å². The molecule has 1 atom stereocenters. The van der Waals surface area contributed by atoms with E-state index in [0.29, 0.717) is 6.54 Å². The van der Waals surface area contributed by atoms with Crippen molar-refractivity contribution < 1.29 is 14.4 Å². The molecule has 0 aliphatic heterocycles. The van der Waals surface area contributed by atoms with E-state index in [1.165, 1.54) is 0 Å².